The second kappa shape index (κ2) is 11.5. The van der Waals surface area contributed by atoms with Crippen molar-refractivity contribution in [2.24, 2.45) is 0 Å². The molecule has 0 spiro atoms. The third kappa shape index (κ3) is 6.19. The van der Waals surface area contributed by atoms with Gasteiger partial charge in [-0.25, -0.2) is 9.59 Å². The Hall–Kier alpha value is -3.84. The molecule has 0 aliphatic carbocycles. The molecule has 1 fully saturated rings. The fraction of sp³-hybridized carbons (Fsp3) is 0.286. The van der Waals surface area contributed by atoms with Crippen LogP contribution >= 0.6 is 0 Å². The van der Waals surface area contributed by atoms with Gasteiger partial charge in [-0.05, 0) is 54.8 Å². The highest BCUT2D eigenvalue weighted by atomic mass is 16.5. The second-order valence-electron chi connectivity index (χ2n) is 8.57. The summed E-state index contributed by atoms with van der Waals surface area (Å²) in [5, 5.41) is 16.3. The number of hydrogen-bond acceptors (Lipinski definition) is 6. The molecule has 1 aliphatic rings. The minimum absolute atomic E-state index is 0.104. The van der Waals surface area contributed by atoms with Gasteiger partial charge < -0.3 is 25.2 Å². The Balaban J connectivity index is 1.46. The van der Waals surface area contributed by atoms with E-state index in [2.05, 4.69) is 22.8 Å². The Bertz CT molecular complexity index is 1130. The van der Waals surface area contributed by atoms with Gasteiger partial charge in [0.1, 0.15) is 17.9 Å². The minimum atomic E-state index is -1.01. The van der Waals surface area contributed by atoms with E-state index in [1.807, 2.05) is 42.5 Å². The fourth-order valence-corrected chi connectivity index (χ4v) is 4.37. The molecule has 0 aromatic heterocycles. The van der Waals surface area contributed by atoms with E-state index in [-0.39, 0.29) is 24.1 Å². The van der Waals surface area contributed by atoms with Crippen molar-refractivity contribution in [3.05, 3.63) is 95.6 Å². The summed E-state index contributed by atoms with van der Waals surface area (Å²) >= 11 is 0. The lowest BCUT2D eigenvalue weighted by atomic mass is 10.0. The summed E-state index contributed by atoms with van der Waals surface area (Å²) in [6.07, 6.45) is 2.31. The van der Waals surface area contributed by atoms with E-state index in [1.165, 1.54) is 7.11 Å². The first-order chi connectivity index (χ1) is 17.0. The van der Waals surface area contributed by atoms with Crippen LogP contribution in [0.1, 0.15) is 40.4 Å². The van der Waals surface area contributed by atoms with Gasteiger partial charge in [0.15, 0.2) is 0 Å². The highest BCUT2D eigenvalue weighted by molar-refractivity contribution is 5.96. The number of methoxy groups -OCH3 is 1. The summed E-state index contributed by atoms with van der Waals surface area (Å²) in [7, 11) is 1.29. The quantitative estimate of drug-likeness (QED) is 0.374. The molecule has 182 valence electrons. The zero-order valence-electron chi connectivity index (χ0n) is 19.6. The molecule has 1 saturated heterocycles. The first kappa shape index (κ1) is 24.3. The van der Waals surface area contributed by atoms with E-state index in [1.54, 1.807) is 24.3 Å². The third-order valence-electron chi connectivity index (χ3n) is 6.18. The normalized spacial score (nSPS) is 16.8. The first-order valence-corrected chi connectivity index (χ1v) is 11.8. The van der Waals surface area contributed by atoms with Crippen molar-refractivity contribution in [1.29, 1.82) is 0 Å². The maximum absolute atomic E-state index is 12.0. The Morgan fingerprint density at radius 2 is 1.74 bits per heavy atom. The van der Waals surface area contributed by atoms with Crippen LogP contribution in [0.3, 0.4) is 0 Å². The van der Waals surface area contributed by atoms with E-state index in [9.17, 15) is 14.7 Å². The number of carboxylic acid groups (broad SMARTS) is 1. The summed E-state index contributed by atoms with van der Waals surface area (Å²) < 4.78 is 11.2. The van der Waals surface area contributed by atoms with Crippen molar-refractivity contribution in [1.82, 2.24) is 5.32 Å². The van der Waals surface area contributed by atoms with Gasteiger partial charge in [0.05, 0.1) is 12.7 Å². The van der Waals surface area contributed by atoms with Crippen molar-refractivity contribution in [2.75, 3.05) is 19.0 Å². The van der Waals surface area contributed by atoms with Crippen LogP contribution in [-0.2, 0) is 16.0 Å². The van der Waals surface area contributed by atoms with E-state index in [4.69, 9.17) is 9.47 Å². The molecule has 3 aromatic rings. The van der Waals surface area contributed by atoms with Crippen LogP contribution in [0.25, 0.3) is 0 Å². The topological polar surface area (TPSA) is 96.9 Å². The van der Waals surface area contributed by atoms with Crippen molar-refractivity contribution in [3.8, 4) is 5.75 Å². The van der Waals surface area contributed by atoms with Crippen LogP contribution in [0.4, 0.5) is 5.69 Å². The maximum Gasteiger partial charge on any atom is 0.339 e. The van der Waals surface area contributed by atoms with Gasteiger partial charge >= 0.3 is 11.9 Å². The Labute approximate surface area is 205 Å². The molecule has 35 heavy (non-hydrogen) atoms. The molecule has 7 nitrogen and oxygen atoms in total. The van der Waals surface area contributed by atoms with Crippen LogP contribution in [0.2, 0.25) is 0 Å². The molecular weight excluding hydrogens is 444 g/mol. The van der Waals surface area contributed by atoms with Gasteiger partial charge in [0.2, 0.25) is 0 Å². The number of esters is 1. The minimum Gasteiger partial charge on any atom is -0.484 e. The maximum atomic E-state index is 12.0. The fourth-order valence-electron chi connectivity index (χ4n) is 4.37. The summed E-state index contributed by atoms with van der Waals surface area (Å²) in [4.78, 5) is 24.0. The van der Waals surface area contributed by atoms with Crippen LogP contribution in [0, 0.1) is 0 Å². The molecule has 0 saturated carbocycles. The SMILES string of the molecule is COC(=O)c1ccccc1NC(Cc1ccc(OC(c2ccccc2)C2CCCN2)cc1)C(=O)O. The summed E-state index contributed by atoms with van der Waals surface area (Å²) in [6, 6.07) is 23.7. The van der Waals surface area contributed by atoms with Crippen molar-refractivity contribution < 1.29 is 24.2 Å². The molecule has 1 heterocycles. The molecular formula is C28H30N2O5. The molecule has 4 rings (SSSR count). The number of carbonyl (C=O) groups excluding carboxylic acids is 1. The van der Waals surface area contributed by atoms with Gasteiger partial charge in [-0.2, -0.15) is 0 Å². The van der Waals surface area contributed by atoms with Gasteiger partial charge in [-0.1, -0.05) is 54.6 Å². The van der Waals surface area contributed by atoms with Crippen molar-refractivity contribution >= 4 is 17.6 Å². The van der Waals surface area contributed by atoms with Crippen molar-refractivity contribution in [2.45, 2.75) is 37.5 Å². The van der Waals surface area contributed by atoms with E-state index >= 15 is 0 Å². The Kier molecular flexibility index (Phi) is 8.00. The van der Waals surface area contributed by atoms with Crippen LogP contribution in [-0.4, -0.2) is 42.8 Å². The van der Waals surface area contributed by atoms with Crippen LogP contribution < -0.4 is 15.4 Å². The number of rotatable bonds is 10. The molecule has 3 aromatic carbocycles. The predicted molar refractivity (Wildman–Crippen MR) is 134 cm³/mol. The van der Waals surface area contributed by atoms with Gasteiger partial charge in [-0.15, -0.1) is 0 Å². The van der Waals surface area contributed by atoms with Crippen molar-refractivity contribution in [3.63, 3.8) is 0 Å². The standard InChI is InChI=1S/C28H30N2O5/c1-34-28(33)22-10-5-6-11-23(22)30-25(27(31)32)18-19-13-15-21(16-14-19)35-26(24-12-7-17-29-24)20-8-3-2-4-9-20/h2-6,8-11,13-16,24-26,29-30H,7,12,17-18H2,1H3,(H,31,32). The largest absolute Gasteiger partial charge is 0.484 e. The van der Waals surface area contributed by atoms with Gasteiger partial charge in [0, 0.05) is 18.2 Å². The monoisotopic (exact) mass is 474 g/mol. The summed E-state index contributed by atoms with van der Waals surface area (Å²) in [5.74, 6) is -0.808. The molecule has 7 heteroatoms. The lowest BCUT2D eigenvalue weighted by Crippen LogP contribution is -2.32. The smallest absolute Gasteiger partial charge is 0.339 e. The zero-order valence-corrected chi connectivity index (χ0v) is 19.6. The predicted octanol–water partition coefficient (Wildman–Crippen LogP) is 4.45. The van der Waals surface area contributed by atoms with E-state index < -0.39 is 18.0 Å². The first-order valence-electron chi connectivity index (χ1n) is 11.8. The number of benzene rings is 3. The highest BCUT2D eigenvalue weighted by Gasteiger charge is 2.28. The molecule has 3 atom stereocenters. The molecule has 3 N–H and O–H groups in total. The molecule has 1 aliphatic heterocycles. The number of para-hydroxylation sites is 1. The number of nitrogens with one attached hydrogen (secondary N) is 2. The second-order valence-corrected chi connectivity index (χ2v) is 8.57. The van der Waals surface area contributed by atoms with Gasteiger partial charge in [-0.3, -0.25) is 0 Å². The number of carboxylic acids is 1. The lowest BCUT2D eigenvalue weighted by molar-refractivity contribution is -0.137. The average molecular weight is 475 g/mol. The van der Waals surface area contributed by atoms with Gasteiger partial charge in [0.25, 0.3) is 0 Å². The number of anilines is 1. The number of carbonyl (C=O) groups is 2. The average Bonchev–Trinajstić information content (AvgIpc) is 3.43. The Morgan fingerprint density at radius 3 is 2.40 bits per heavy atom. The molecule has 3 unspecified atom stereocenters. The molecule has 0 radical (unpaired) electrons. The van der Waals surface area contributed by atoms with E-state index in [0.717, 1.165) is 36.3 Å². The summed E-state index contributed by atoms with van der Waals surface area (Å²) in [5.41, 5.74) is 2.66. The van der Waals surface area contributed by atoms with Crippen LogP contribution in [0.15, 0.2) is 78.9 Å². The number of ether oxygens (including phenoxy) is 2. The summed E-state index contributed by atoms with van der Waals surface area (Å²) in [6.45, 7) is 0.985. The number of hydrogen-bond donors (Lipinski definition) is 3. The highest BCUT2D eigenvalue weighted by Crippen LogP contribution is 2.29. The number of aliphatic carboxylic acids is 1. The molecule has 0 bridgehead atoms. The zero-order chi connectivity index (χ0) is 24.6. The lowest BCUT2D eigenvalue weighted by Gasteiger charge is -2.25. The third-order valence-corrected chi connectivity index (χ3v) is 6.18. The molecule has 0 amide bonds. The van der Waals surface area contributed by atoms with E-state index in [0.29, 0.717) is 5.69 Å². The van der Waals surface area contributed by atoms with Crippen LogP contribution in [0.5, 0.6) is 5.75 Å². The Morgan fingerprint density at radius 1 is 1.03 bits per heavy atom.